The van der Waals surface area contributed by atoms with Crippen LogP contribution in [0.3, 0.4) is 0 Å². The minimum absolute atomic E-state index is 0.279. The number of hydrogen-bond acceptors (Lipinski definition) is 4. The molecule has 1 aliphatic carbocycles. The molecule has 0 aromatic carbocycles. The lowest BCUT2D eigenvalue weighted by atomic mass is 9.84. The van der Waals surface area contributed by atoms with Gasteiger partial charge in [-0.05, 0) is 51.7 Å². The minimum Gasteiger partial charge on any atom is -0.480 e. The van der Waals surface area contributed by atoms with Crippen LogP contribution in [0.25, 0.3) is 0 Å². The number of likely N-dealkylation sites (N-methyl/N-ethyl adjacent to an activating group) is 1. The molecule has 5 heteroatoms. The molecule has 1 saturated carbocycles. The van der Waals surface area contributed by atoms with Crippen molar-refractivity contribution in [1.29, 1.82) is 0 Å². The first-order valence-corrected chi connectivity index (χ1v) is 8.48. The lowest BCUT2D eigenvalue weighted by molar-refractivity contribution is -0.146. The molecule has 2 fully saturated rings. The van der Waals surface area contributed by atoms with E-state index in [9.17, 15) is 9.90 Å². The summed E-state index contributed by atoms with van der Waals surface area (Å²) in [6.45, 7) is 8.43. The Balaban J connectivity index is 1.89. The second-order valence-corrected chi connectivity index (χ2v) is 6.73. The summed E-state index contributed by atoms with van der Waals surface area (Å²) in [5.74, 6) is -0.363. The first-order valence-electron chi connectivity index (χ1n) is 8.48. The zero-order chi connectivity index (χ0) is 15.3. The van der Waals surface area contributed by atoms with E-state index in [4.69, 9.17) is 0 Å². The lowest BCUT2D eigenvalue weighted by Crippen LogP contribution is -2.55. The first kappa shape index (κ1) is 16.7. The van der Waals surface area contributed by atoms with Gasteiger partial charge in [0.15, 0.2) is 0 Å². The number of nitrogens with one attached hydrogen (secondary N) is 1. The van der Waals surface area contributed by atoms with E-state index in [1.165, 1.54) is 0 Å². The molecule has 0 aromatic heterocycles. The number of carbonyl (C=O) groups is 1. The van der Waals surface area contributed by atoms with E-state index in [1.807, 2.05) is 0 Å². The molecule has 1 heterocycles. The second kappa shape index (κ2) is 7.56. The molecule has 5 nitrogen and oxygen atoms in total. The number of piperazine rings is 1. The molecule has 0 amide bonds. The molecule has 2 atom stereocenters. The topological polar surface area (TPSA) is 55.8 Å². The molecule has 21 heavy (non-hydrogen) atoms. The number of nitrogens with zero attached hydrogens (tertiary/aromatic N) is 2. The highest BCUT2D eigenvalue weighted by Crippen LogP contribution is 2.38. The van der Waals surface area contributed by atoms with Gasteiger partial charge < -0.3 is 20.2 Å². The fraction of sp³-hybridized carbons (Fsp3) is 0.938. The summed E-state index contributed by atoms with van der Waals surface area (Å²) in [5, 5.41) is 13.1. The van der Waals surface area contributed by atoms with Gasteiger partial charge in [0.1, 0.15) is 5.54 Å². The van der Waals surface area contributed by atoms with Gasteiger partial charge >= 0.3 is 5.97 Å². The summed E-state index contributed by atoms with van der Waals surface area (Å²) >= 11 is 0. The normalized spacial score (nSPS) is 31.6. The maximum absolute atomic E-state index is 11.9. The van der Waals surface area contributed by atoms with Gasteiger partial charge in [-0.15, -0.1) is 0 Å². The summed E-state index contributed by atoms with van der Waals surface area (Å²) in [6, 6.07) is 0. The lowest BCUT2D eigenvalue weighted by Gasteiger charge is -2.36. The van der Waals surface area contributed by atoms with Gasteiger partial charge in [-0.3, -0.25) is 4.79 Å². The summed E-state index contributed by atoms with van der Waals surface area (Å²) in [4.78, 5) is 16.7. The molecule has 1 aliphatic heterocycles. The molecule has 122 valence electrons. The monoisotopic (exact) mass is 297 g/mol. The molecule has 0 spiro atoms. The summed E-state index contributed by atoms with van der Waals surface area (Å²) in [6.07, 6.45) is 4.87. The molecule has 0 bridgehead atoms. The van der Waals surface area contributed by atoms with Gasteiger partial charge in [0.2, 0.25) is 0 Å². The van der Waals surface area contributed by atoms with Crippen LogP contribution in [0.15, 0.2) is 0 Å². The average Bonchev–Trinajstić information content (AvgIpc) is 2.89. The SMILES string of the molecule is CCCNC1(C(=O)O)CCCC1CCN1CCN(C)CC1. The molecular weight excluding hydrogens is 266 g/mol. The van der Waals surface area contributed by atoms with Crippen molar-refractivity contribution in [2.24, 2.45) is 5.92 Å². The Morgan fingerprint density at radius 2 is 2.05 bits per heavy atom. The van der Waals surface area contributed by atoms with Gasteiger partial charge in [0.05, 0.1) is 0 Å². The Labute approximate surface area is 128 Å². The van der Waals surface area contributed by atoms with Crippen molar-refractivity contribution in [1.82, 2.24) is 15.1 Å². The zero-order valence-electron chi connectivity index (χ0n) is 13.6. The van der Waals surface area contributed by atoms with Crippen molar-refractivity contribution < 1.29 is 9.90 Å². The number of carboxylic acids is 1. The molecular formula is C16H31N3O2. The standard InChI is InChI=1S/C16H31N3O2/c1-3-8-17-16(15(20)21)7-4-5-14(16)6-9-19-12-10-18(2)11-13-19/h14,17H,3-13H2,1-2H3,(H,20,21). The van der Waals surface area contributed by atoms with Crippen molar-refractivity contribution in [3.8, 4) is 0 Å². The Bertz CT molecular complexity index is 342. The largest absolute Gasteiger partial charge is 0.480 e. The number of rotatable bonds is 7. The first-order chi connectivity index (χ1) is 10.1. The smallest absolute Gasteiger partial charge is 0.324 e. The fourth-order valence-electron chi connectivity index (χ4n) is 3.82. The van der Waals surface area contributed by atoms with E-state index in [1.54, 1.807) is 0 Å². The Kier molecular flexibility index (Phi) is 6.02. The quantitative estimate of drug-likeness (QED) is 0.741. The van der Waals surface area contributed by atoms with Crippen LogP contribution < -0.4 is 5.32 Å². The fourth-order valence-corrected chi connectivity index (χ4v) is 3.82. The second-order valence-electron chi connectivity index (χ2n) is 6.73. The molecule has 2 unspecified atom stereocenters. The van der Waals surface area contributed by atoms with Gasteiger partial charge in [-0.2, -0.15) is 0 Å². The Morgan fingerprint density at radius 1 is 1.33 bits per heavy atom. The molecule has 0 aromatic rings. The molecule has 2 aliphatic rings. The summed E-state index contributed by atoms with van der Waals surface area (Å²) < 4.78 is 0. The van der Waals surface area contributed by atoms with Crippen LogP contribution in [0.2, 0.25) is 0 Å². The third-order valence-corrected chi connectivity index (χ3v) is 5.28. The minimum atomic E-state index is -0.664. The van der Waals surface area contributed by atoms with E-state index >= 15 is 0 Å². The highest BCUT2D eigenvalue weighted by atomic mass is 16.4. The van der Waals surface area contributed by atoms with Crippen molar-refractivity contribution in [2.45, 2.75) is 44.6 Å². The van der Waals surface area contributed by atoms with Crippen molar-refractivity contribution in [3.63, 3.8) is 0 Å². The predicted molar refractivity (Wildman–Crippen MR) is 84.6 cm³/mol. The summed E-state index contributed by atoms with van der Waals surface area (Å²) in [7, 11) is 2.17. The van der Waals surface area contributed by atoms with E-state index < -0.39 is 11.5 Å². The van der Waals surface area contributed by atoms with Crippen molar-refractivity contribution >= 4 is 5.97 Å². The highest BCUT2D eigenvalue weighted by Gasteiger charge is 2.48. The van der Waals surface area contributed by atoms with Gasteiger partial charge in [-0.25, -0.2) is 0 Å². The summed E-state index contributed by atoms with van der Waals surface area (Å²) in [5.41, 5.74) is -0.664. The predicted octanol–water partition coefficient (Wildman–Crippen LogP) is 1.25. The van der Waals surface area contributed by atoms with Gasteiger partial charge in [0.25, 0.3) is 0 Å². The van der Waals surface area contributed by atoms with Crippen LogP contribution in [0.4, 0.5) is 0 Å². The molecule has 2 rings (SSSR count). The highest BCUT2D eigenvalue weighted by molar-refractivity contribution is 5.79. The number of hydrogen-bond donors (Lipinski definition) is 2. The van der Waals surface area contributed by atoms with Crippen LogP contribution in [0, 0.1) is 5.92 Å². The maximum atomic E-state index is 11.9. The Morgan fingerprint density at radius 3 is 2.67 bits per heavy atom. The van der Waals surface area contributed by atoms with Gasteiger partial charge in [0, 0.05) is 26.2 Å². The molecule has 0 radical (unpaired) electrons. The van der Waals surface area contributed by atoms with E-state index in [2.05, 4.69) is 29.1 Å². The average molecular weight is 297 g/mol. The van der Waals surface area contributed by atoms with Gasteiger partial charge in [-0.1, -0.05) is 13.3 Å². The molecule has 2 N–H and O–H groups in total. The third kappa shape index (κ3) is 3.96. The Hall–Kier alpha value is -0.650. The van der Waals surface area contributed by atoms with Crippen LogP contribution in [-0.2, 0) is 4.79 Å². The van der Waals surface area contributed by atoms with Crippen LogP contribution in [0.5, 0.6) is 0 Å². The molecule has 1 saturated heterocycles. The van der Waals surface area contributed by atoms with Crippen molar-refractivity contribution in [2.75, 3.05) is 46.3 Å². The zero-order valence-corrected chi connectivity index (χ0v) is 13.6. The number of carboxylic acid groups (broad SMARTS) is 1. The van der Waals surface area contributed by atoms with E-state index in [0.717, 1.165) is 71.4 Å². The van der Waals surface area contributed by atoms with Crippen LogP contribution in [-0.4, -0.2) is 72.7 Å². The van der Waals surface area contributed by atoms with E-state index in [-0.39, 0.29) is 5.92 Å². The third-order valence-electron chi connectivity index (χ3n) is 5.28. The van der Waals surface area contributed by atoms with Crippen LogP contribution >= 0.6 is 0 Å². The van der Waals surface area contributed by atoms with E-state index in [0.29, 0.717) is 0 Å². The van der Waals surface area contributed by atoms with Crippen molar-refractivity contribution in [3.05, 3.63) is 0 Å². The van der Waals surface area contributed by atoms with Crippen LogP contribution in [0.1, 0.15) is 39.0 Å². The number of aliphatic carboxylic acids is 1. The maximum Gasteiger partial charge on any atom is 0.324 e.